The van der Waals surface area contributed by atoms with Crippen LogP contribution in [-0.2, 0) is 6.61 Å². The fraction of sp³-hybridized carbons (Fsp3) is 0.438. The highest BCUT2D eigenvalue weighted by Crippen LogP contribution is 2.19. The Kier molecular flexibility index (Phi) is 4.68. The van der Waals surface area contributed by atoms with E-state index in [0.717, 1.165) is 37.3 Å². The van der Waals surface area contributed by atoms with E-state index >= 15 is 0 Å². The van der Waals surface area contributed by atoms with E-state index in [1.54, 1.807) is 0 Å². The number of rotatable bonds is 4. The predicted octanol–water partition coefficient (Wildman–Crippen LogP) is 3.05. The minimum atomic E-state index is 0.0941. The summed E-state index contributed by atoms with van der Waals surface area (Å²) in [5.41, 5.74) is 2.43. The number of benzene rings is 1. The van der Waals surface area contributed by atoms with E-state index in [9.17, 15) is 4.79 Å². The molecule has 2 aromatic rings. The highest BCUT2D eigenvalue weighted by Gasteiger charge is 2.18. The lowest BCUT2D eigenvalue weighted by atomic mass is 10.1. The van der Waals surface area contributed by atoms with Gasteiger partial charge in [0.25, 0.3) is 5.91 Å². The molecule has 0 aliphatic carbocycles. The molecule has 116 valence electrons. The molecule has 0 spiro atoms. The minimum Gasteiger partial charge on any atom is -0.487 e. The third kappa shape index (κ3) is 3.44. The second-order valence-electron chi connectivity index (χ2n) is 5.47. The van der Waals surface area contributed by atoms with Gasteiger partial charge >= 0.3 is 0 Å². The summed E-state index contributed by atoms with van der Waals surface area (Å²) in [5.74, 6) is 0.784. The van der Waals surface area contributed by atoms with Gasteiger partial charge in [0.15, 0.2) is 0 Å². The van der Waals surface area contributed by atoms with Gasteiger partial charge in [-0.1, -0.05) is 6.07 Å². The maximum atomic E-state index is 12.5. The number of likely N-dealkylation sites (tertiary alicyclic amines) is 1. The van der Waals surface area contributed by atoms with Crippen LogP contribution in [0.5, 0.6) is 5.75 Å². The molecule has 1 aromatic heterocycles. The summed E-state index contributed by atoms with van der Waals surface area (Å²) in [4.78, 5) is 14.4. The quantitative estimate of drug-likeness (QED) is 0.869. The Morgan fingerprint density at radius 3 is 2.82 bits per heavy atom. The normalized spacial score (nSPS) is 14.9. The molecule has 6 heteroatoms. The van der Waals surface area contributed by atoms with Crippen LogP contribution in [0.2, 0.25) is 0 Å². The molecule has 1 aromatic carbocycles. The number of aromatic nitrogens is 2. The molecule has 0 atom stereocenters. The monoisotopic (exact) mass is 317 g/mol. The molecule has 0 N–H and O–H groups in total. The molecule has 5 nitrogen and oxygen atoms in total. The van der Waals surface area contributed by atoms with E-state index in [1.165, 1.54) is 18.1 Å². The zero-order valence-corrected chi connectivity index (χ0v) is 13.4. The Balaban J connectivity index is 1.66. The predicted molar refractivity (Wildman–Crippen MR) is 85.2 cm³/mol. The number of ether oxygens (including phenoxy) is 1. The average Bonchev–Trinajstić information content (AvgIpc) is 2.98. The summed E-state index contributed by atoms with van der Waals surface area (Å²) in [7, 11) is 0. The number of piperidine rings is 1. The molecule has 0 bridgehead atoms. The second kappa shape index (κ2) is 6.87. The summed E-state index contributed by atoms with van der Waals surface area (Å²) < 4.78 is 14.1. The van der Waals surface area contributed by atoms with E-state index in [0.29, 0.717) is 17.9 Å². The van der Waals surface area contributed by atoms with Crippen molar-refractivity contribution in [1.29, 1.82) is 0 Å². The van der Waals surface area contributed by atoms with E-state index in [2.05, 4.69) is 8.75 Å². The van der Waals surface area contributed by atoms with Crippen LogP contribution in [0, 0.1) is 6.92 Å². The zero-order valence-electron chi connectivity index (χ0n) is 12.6. The van der Waals surface area contributed by atoms with Gasteiger partial charge in [-0.15, -0.1) is 0 Å². The van der Waals surface area contributed by atoms with Crippen molar-refractivity contribution >= 4 is 17.6 Å². The van der Waals surface area contributed by atoms with Crippen LogP contribution in [0.3, 0.4) is 0 Å². The van der Waals surface area contributed by atoms with Crippen LogP contribution >= 0.6 is 11.7 Å². The summed E-state index contributed by atoms with van der Waals surface area (Å²) >= 11 is 1.19. The lowest BCUT2D eigenvalue weighted by molar-refractivity contribution is 0.0724. The van der Waals surface area contributed by atoms with Crippen LogP contribution in [0.1, 0.15) is 41.0 Å². The van der Waals surface area contributed by atoms with Gasteiger partial charge in [0.05, 0.1) is 17.4 Å². The van der Waals surface area contributed by atoms with Crippen molar-refractivity contribution in [3.05, 3.63) is 41.2 Å². The molecular formula is C16H19N3O2S. The molecule has 1 aliphatic rings. The highest BCUT2D eigenvalue weighted by molar-refractivity contribution is 6.99. The first-order valence-electron chi connectivity index (χ1n) is 7.54. The molecule has 1 saturated heterocycles. The van der Waals surface area contributed by atoms with Gasteiger partial charge in [-0.3, -0.25) is 4.79 Å². The standard InChI is InChI=1S/C16H19N3O2S/c1-12-15(18-22-17-12)11-21-14-7-5-6-13(10-14)16(20)19-8-3-2-4-9-19/h5-7,10H,2-4,8-9,11H2,1H3. The minimum absolute atomic E-state index is 0.0941. The highest BCUT2D eigenvalue weighted by atomic mass is 32.1. The van der Waals surface area contributed by atoms with Gasteiger partial charge in [-0.2, -0.15) is 8.75 Å². The van der Waals surface area contributed by atoms with Gasteiger partial charge in [-0.25, -0.2) is 0 Å². The zero-order chi connectivity index (χ0) is 15.4. The number of carbonyl (C=O) groups is 1. The van der Waals surface area contributed by atoms with Crippen molar-refractivity contribution in [1.82, 2.24) is 13.6 Å². The first-order valence-corrected chi connectivity index (χ1v) is 8.27. The van der Waals surface area contributed by atoms with E-state index in [-0.39, 0.29) is 5.91 Å². The Morgan fingerprint density at radius 2 is 2.09 bits per heavy atom. The SMILES string of the molecule is Cc1nsnc1COc1cccc(C(=O)N2CCCCC2)c1. The second-order valence-corrected chi connectivity index (χ2v) is 5.99. The Morgan fingerprint density at radius 1 is 1.27 bits per heavy atom. The molecule has 3 rings (SSSR count). The molecular weight excluding hydrogens is 298 g/mol. The van der Waals surface area contributed by atoms with Gasteiger partial charge in [0.2, 0.25) is 0 Å². The lowest BCUT2D eigenvalue weighted by Gasteiger charge is -2.26. The number of aryl methyl sites for hydroxylation is 1. The maximum Gasteiger partial charge on any atom is 0.253 e. The smallest absolute Gasteiger partial charge is 0.253 e. The topological polar surface area (TPSA) is 55.3 Å². The van der Waals surface area contributed by atoms with E-state index < -0.39 is 0 Å². The third-order valence-corrected chi connectivity index (χ3v) is 4.50. The molecule has 1 fully saturated rings. The molecule has 1 amide bonds. The number of hydrogen-bond donors (Lipinski definition) is 0. The van der Waals surface area contributed by atoms with Crippen molar-refractivity contribution in [2.45, 2.75) is 32.8 Å². The largest absolute Gasteiger partial charge is 0.487 e. The molecule has 0 radical (unpaired) electrons. The Bertz CT molecular complexity index is 650. The number of carbonyl (C=O) groups excluding carboxylic acids is 1. The summed E-state index contributed by atoms with van der Waals surface area (Å²) in [5, 5.41) is 0. The molecule has 2 heterocycles. The summed E-state index contributed by atoms with van der Waals surface area (Å²) in [6, 6.07) is 7.38. The summed E-state index contributed by atoms with van der Waals surface area (Å²) in [6.07, 6.45) is 3.41. The van der Waals surface area contributed by atoms with Crippen molar-refractivity contribution in [2.75, 3.05) is 13.1 Å². The lowest BCUT2D eigenvalue weighted by Crippen LogP contribution is -2.35. The first-order chi connectivity index (χ1) is 10.7. The Labute approximate surface area is 134 Å². The van der Waals surface area contributed by atoms with Gasteiger partial charge in [-0.05, 0) is 44.4 Å². The fourth-order valence-electron chi connectivity index (χ4n) is 2.53. The Hall–Kier alpha value is -1.95. The molecule has 22 heavy (non-hydrogen) atoms. The van der Waals surface area contributed by atoms with Crippen LogP contribution in [0.4, 0.5) is 0 Å². The van der Waals surface area contributed by atoms with Gasteiger partial charge < -0.3 is 9.64 Å². The van der Waals surface area contributed by atoms with Crippen LogP contribution in [-0.4, -0.2) is 32.6 Å². The number of hydrogen-bond acceptors (Lipinski definition) is 5. The van der Waals surface area contributed by atoms with Crippen LogP contribution < -0.4 is 4.74 Å². The molecule has 0 unspecified atom stereocenters. The van der Waals surface area contributed by atoms with Crippen molar-refractivity contribution in [2.24, 2.45) is 0 Å². The first kappa shape index (κ1) is 15.0. The summed E-state index contributed by atoms with van der Waals surface area (Å²) in [6.45, 7) is 4.00. The van der Waals surface area contributed by atoms with E-state index in [4.69, 9.17) is 4.74 Å². The molecule has 1 aliphatic heterocycles. The average molecular weight is 317 g/mol. The van der Waals surface area contributed by atoms with Crippen molar-refractivity contribution in [3.63, 3.8) is 0 Å². The van der Waals surface area contributed by atoms with Gasteiger partial charge in [0.1, 0.15) is 18.1 Å². The molecule has 0 saturated carbocycles. The van der Waals surface area contributed by atoms with Crippen LogP contribution in [0.15, 0.2) is 24.3 Å². The third-order valence-electron chi connectivity index (χ3n) is 3.85. The fourth-order valence-corrected chi connectivity index (χ4v) is 3.08. The van der Waals surface area contributed by atoms with E-state index in [1.807, 2.05) is 36.1 Å². The van der Waals surface area contributed by atoms with Crippen molar-refractivity contribution < 1.29 is 9.53 Å². The van der Waals surface area contributed by atoms with Gasteiger partial charge in [0, 0.05) is 18.7 Å². The van der Waals surface area contributed by atoms with Crippen LogP contribution in [0.25, 0.3) is 0 Å². The van der Waals surface area contributed by atoms with Crippen molar-refractivity contribution in [3.8, 4) is 5.75 Å². The number of nitrogens with zero attached hydrogens (tertiary/aromatic N) is 3. The number of amides is 1. The maximum absolute atomic E-state index is 12.5.